The molecule has 0 aliphatic carbocycles. The predicted octanol–water partition coefficient (Wildman–Crippen LogP) is 0.320. The number of aliphatic hydroxyl groups is 1. The van der Waals surface area contributed by atoms with E-state index in [0.29, 0.717) is 6.54 Å². The Morgan fingerprint density at radius 1 is 1.67 bits per heavy atom. The third-order valence-electron chi connectivity index (χ3n) is 0.923. The van der Waals surface area contributed by atoms with Gasteiger partial charge in [0.25, 0.3) is 0 Å². The second-order valence-electron chi connectivity index (χ2n) is 2.05. The number of rotatable bonds is 5. The molecule has 9 heavy (non-hydrogen) atoms. The van der Waals surface area contributed by atoms with E-state index in [2.05, 4.69) is 11.6 Å². The van der Waals surface area contributed by atoms with Crippen molar-refractivity contribution in [2.24, 2.45) is 0 Å². The van der Waals surface area contributed by atoms with Gasteiger partial charge < -0.3 is 10.4 Å². The van der Waals surface area contributed by atoms with E-state index in [1.54, 1.807) is 6.92 Å². The lowest BCUT2D eigenvalue weighted by atomic mass is 10.4. The Morgan fingerprint density at radius 2 is 2.33 bits per heavy atom. The van der Waals surface area contributed by atoms with Crippen LogP contribution >= 0.6 is 11.8 Å². The van der Waals surface area contributed by atoms with Crippen molar-refractivity contribution >= 4 is 11.8 Å². The van der Waals surface area contributed by atoms with Gasteiger partial charge in [0.05, 0.1) is 6.10 Å². The molecule has 0 aromatic carbocycles. The number of aliphatic hydroxyl groups excluding tert-OH is 1. The van der Waals surface area contributed by atoms with Gasteiger partial charge in [-0.15, -0.1) is 0 Å². The van der Waals surface area contributed by atoms with E-state index in [9.17, 15) is 0 Å². The minimum Gasteiger partial charge on any atom is -0.392 e. The van der Waals surface area contributed by atoms with Gasteiger partial charge in [-0.3, -0.25) is 0 Å². The summed E-state index contributed by atoms with van der Waals surface area (Å²) in [6, 6.07) is 0. The van der Waals surface area contributed by atoms with Crippen molar-refractivity contribution in [2.75, 3.05) is 25.1 Å². The zero-order valence-electron chi connectivity index (χ0n) is 6.05. The Hall–Kier alpha value is 0.270. The maximum atomic E-state index is 8.78. The largest absolute Gasteiger partial charge is 0.392 e. The summed E-state index contributed by atoms with van der Waals surface area (Å²) in [5, 5.41) is 11.9. The molecular formula is C6H15NOS. The van der Waals surface area contributed by atoms with Gasteiger partial charge in [0, 0.05) is 18.8 Å². The van der Waals surface area contributed by atoms with Gasteiger partial charge in [0.1, 0.15) is 0 Å². The van der Waals surface area contributed by atoms with Crippen LogP contribution in [0.4, 0.5) is 0 Å². The predicted molar refractivity (Wildman–Crippen MR) is 42.9 cm³/mol. The summed E-state index contributed by atoms with van der Waals surface area (Å²) in [5.74, 6) is 1.12. The van der Waals surface area contributed by atoms with E-state index in [1.807, 2.05) is 11.8 Å². The summed E-state index contributed by atoms with van der Waals surface area (Å²) < 4.78 is 0. The molecule has 1 atom stereocenters. The molecule has 0 aromatic heterocycles. The molecule has 2 nitrogen and oxygen atoms in total. The normalized spacial score (nSPS) is 13.7. The Labute approximate surface area is 61.0 Å². The maximum absolute atomic E-state index is 8.78. The van der Waals surface area contributed by atoms with Crippen LogP contribution in [-0.4, -0.2) is 36.3 Å². The lowest BCUT2D eigenvalue weighted by molar-refractivity contribution is 0.192. The fraction of sp³-hybridized carbons (Fsp3) is 1.00. The maximum Gasteiger partial charge on any atom is 0.0636 e. The molecule has 0 bridgehead atoms. The van der Waals surface area contributed by atoms with Gasteiger partial charge in [0.2, 0.25) is 0 Å². The van der Waals surface area contributed by atoms with Gasteiger partial charge in [-0.25, -0.2) is 0 Å². The molecule has 56 valence electrons. The van der Waals surface area contributed by atoms with E-state index in [0.717, 1.165) is 12.3 Å². The minimum absolute atomic E-state index is 0.216. The van der Waals surface area contributed by atoms with Crippen molar-refractivity contribution in [3.05, 3.63) is 0 Å². The lowest BCUT2D eigenvalue weighted by Gasteiger charge is -2.04. The minimum atomic E-state index is -0.216. The Morgan fingerprint density at radius 3 is 2.78 bits per heavy atom. The summed E-state index contributed by atoms with van der Waals surface area (Å²) in [6.45, 7) is 3.48. The fourth-order valence-corrected chi connectivity index (χ4v) is 0.834. The number of hydrogen-bond donors (Lipinski definition) is 2. The summed E-state index contributed by atoms with van der Waals surface area (Å²) in [4.78, 5) is 0. The van der Waals surface area contributed by atoms with Gasteiger partial charge >= 0.3 is 0 Å². The number of thioether (sulfide) groups is 1. The summed E-state index contributed by atoms with van der Waals surface area (Å²) >= 11 is 1.81. The average Bonchev–Trinajstić information content (AvgIpc) is 1.80. The van der Waals surface area contributed by atoms with E-state index in [-0.39, 0.29) is 6.10 Å². The fourth-order valence-electron chi connectivity index (χ4n) is 0.485. The molecule has 0 fully saturated rings. The Kier molecular flexibility index (Phi) is 6.58. The number of hydrogen-bond acceptors (Lipinski definition) is 3. The molecular weight excluding hydrogens is 134 g/mol. The zero-order chi connectivity index (χ0) is 7.11. The standard InChI is InChI=1S/C6H15NOS/c1-6(8)5-7-3-4-9-2/h6-8H,3-5H2,1-2H3/t6-/m0/s1. The molecule has 0 aliphatic rings. The summed E-state index contributed by atoms with van der Waals surface area (Å²) in [6.07, 6.45) is 1.86. The van der Waals surface area contributed by atoms with Crippen molar-refractivity contribution < 1.29 is 5.11 Å². The SMILES string of the molecule is CSCCNC[C@H](C)O. The third kappa shape index (κ3) is 8.27. The third-order valence-corrected chi connectivity index (χ3v) is 1.54. The molecule has 0 unspecified atom stereocenters. The first-order chi connectivity index (χ1) is 4.27. The topological polar surface area (TPSA) is 32.3 Å². The highest BCUT2D eigenvalue weighted by Gasteiger charge is 1.91. The highest BCUT2D eigenvalue weighted by Crippen LogP contribution is 1.86. The van der Waals surface area contributed by atoms with Crippen LogP contribution in [0.2, 0.25) is 0 Å². The van der Waals surface area contributed by atoms with E-state index < -0.39 is 0 Å². The second-order valence-corrected chi connectivity index (χ2v) is 3.03. The van der Waals surface area contributed by atoms with Crippen LogP contribution < -0.4 is 5.32 Å². The van der Waals surface area contributed by atoms with Crippen LogP contribution in [0.3, 0.4) is 0 Å². The van der Waals surface area contributed by atoms with E-state index >= 15 is 0 Å². The number of nitrogens with one attached hydrogen (secondary N) is 1. The molecule has 0 rings (SSSR count). The van der Waals surface area contributed by atoms with E-state index in [4.69, 9.17) is 5.11 Å². The van der Waals surface area contributed by atoms with Crippen molar-refractivity contribution in [1.29, 1.82) is 0 Å². The molecule has 0 aromatic rings. The first kappa shape index (κ1) is 9.27. The quantitative estimate of drug-likeness (QED) is 0.552. The molecule has 0 amide bonds. The van der Waals surface area contributed by atoms with Crippen LogP contribution in [-0.2, 0) is 0 Å². The highest BCUT2D eigenvalue weighted by molar-refractivity contribution is 7.98. The molecule has 0 saturated heterocycles. The smallest absolute Gasteiger partial charge is 0.0636 e. The Balaban J connectivity index is 2.75. The zero-order valence-corrected chi connectivity index (χ0v) is 6.87. The monoisotopic (exact) mass is 149 g/mol. The van der Waals surface area contributed by atoms with Crippen molar-refractivity contribution in [3.63, 3.8) is 0 Å². The molecule has 3 heteroatoms. The van der Waals surface area contributed by atoms with Crippen molar-refractivity contribution in [3.8, 4) is 0 Å². The Bertz CT molecular complexity index is 59.0. The van der Waals surface area contributed by atoms with Crippen molar-refractivity contribution in [1.82, 2.24) is 5.32 Å². The second kappa shape index (κ2) is 6.39. The van der Waals surface area contributed by atoms with Crippen LogP contribution in [0.15, 0.2) is 0 Å². The molecule has 0 radical (unpaired) electrons. The summed E-state index contributed by atoms with van der Waals surface area (Å²) in [7, 11) is 0. The first-order valence-corrected chi connectivity index (χ1v) is 4.54. The van der Waals surface area contributed by atoms with Gasteiger partial charge in [-0.05, 0) is 13.2 Å². The molecule has 0 saturated carbocycles. The van der Waals surface area contributed by atoms with Gasteiger partial charge in [-0.2, -0.15) is 11.8 Å². The molecule has 0 aliphatic heterocycles. The van der Waals surface area contributed by atoms with E-state index in [1.165, 1.54) is 0 Å². The molecule has 2 N–H and O–H groups in total. The van der Waals surface area contributed by atoms with Crippen LogP contribution in [0.1, 0.15) is 6.92 Å². The highest BCUT2D eigenvalue weighted by atomic mass is 32.2. The molecule has 0 spiro atoms. The lowest BCUT2D eigenvalue weighted by Crippen LogP contribution is -2.26. The van der Waals surface area contributed by atoms with Gasteiger partial charge in [-0.1, -0.05) is 0 Å². The summed E-state index contributed by atoms with van der Waals surface area (Å²) in [5.41, 5.74) is 0. The van der Waals surface area contributed by atoms with Crippen LogP contribution in [0.5, 0.6) is 0 Å². The molecule has 0 heterocycles. The van der Waals surface area contributed by atoms with Gasteiger partial charge in [0.15, 0.2) is 0 Å². The van der Waals surface area contributed by atoms with Crippen LogP contribution in [0, 0.1) is 0 Å². The first-order valence-electron chi connectivity index (χ1n) is 3.15. The van der Waals surface area contributed by atoms with Crippen LogP contribution in [0.25, 0.3) is 0 Å². The average molecular weight is 149 g/mol. The van der Waals surface area contributed by atoms with Crippen molar-refractivity contribution in [2.45, 2.75) is 13.0 Å².